The molecule has 176 valence electrons. The van der Waals surface area contributed by atoms with Crippen LogP contribution in [0.4, 0.5) is 15.4 Å². The van der Waals surface area contributed by atoms with Gasteiger partial charge in [0.2, 0.25) is 0 Å². The Morgan fingerprint density at radius 1 is 0.879 bits per heavy atom. The van der Waals surface area contributed by atoms with Crippen molar-refractivity contribution in [2.75, 3.05) is 4.90 Å². The molecule has 0 atom stereocenters. The van der Waals surface area contributed by atoms with Gasteiger partial charge in [0.1, 0.15) is 11.2 Å². The molecular formula is C24H29N3O6. The fourth-order valence-corrected chi connectivity index (χ4v) is 2.76. The number of oxime groups is 1. The van der Waals surface area contributed by atoms with Gasteiger partial charge in [-0.2, -0.15) is 4.90 Å². The van der Waals surface area contributed by atoms with Gasteiger partial charge >= 0.3 is 12.2 Å². The number of amides is 2. The summed E-state index contributed by atoms with van der Waals surface area (Å²) in [4.78, 5) is 43.3. The van der Waals surface area contributed by atoms with E-state index in [2.05, 4.69) is 10.1 Å². The number of ketones is 1. The molecule has 0 spiro atoms. The predicted molar refractivity (Wildman–Crippen MR) is 124 cm³/mol. The van der Waals surface area contributed by atoms with E-state index in [1.165, 1.54) is 13.0 Å². The fourth-order valence-electron chi connectivity index (χ4n) is 2.76. The number of anilines is 1. The monoisotopic (exact) mass is 455 g/mol. The Kier molecular flexibility index (Phi) is 7.58. The van der Waals surface area contributed by atoms with E-state index < -0.39 is 29.2 Å². The van der Waals surface area contributed by atoms with E-state index in [1.807, 2.05) is 6.07 Å². The average Bonchev–Trinajstić information content (AvgIpc) is 2.66. The summed E-state index contributed by atoms with van der Waals surface area (Å²) in [7, 11) is 0. The van der Waals surface area contributed by atoms with Crippen molar-refractivity contribution in [1.82, 2.24) is 4.98 Å². The van der Waals surface area contributed by atoms with Gasteiger partial charge in [0.05, 0.1) is 5.69 Å². The highest BCUT2D eigenvalue weighted by atomic mass is 16.6. The normalized spacial score (nSPS) is 12.2. The molecule has 0 bridgehead atoms. The van der Waals surface area contributed by atoms with Crippen molar-refractivity contribution >= 4 is 29.5 Å². The second-order valence-corrected chi connectivity index (χ2v) is 9.23. The highest BCUT2D eigenvalue weighted by molar-refractivity contribution is 6.44. The van der Waals surface area contributed by atoms with Gasteiger partial charge in [-0.25, -0.2) is 14.6 Å². The molecule has 0 fully saturated rings. The lowest BCUT2D eigenvalue weighted by Gasteiger charge is -2.29. The molecule has 0 aliphatic heterocycles. The first-order chi connectivity index (χ1) is 15.2. The van der Waals surface area contributed by atoms with Gasteiger partial charge < -0.3 is 14.7 Å². The van der Waals surface area contributed by atoms with Crippen LogP contribution in [0.25, 0.3) is 11.1 Å². The van der Waals surface area contributed by atoms with Crippen LogP contribution in [-0.2, 0) is 14.3 Å². The average molecular weight is 456 g/mol. The van der Waals surface area contributed by atoms with Crippen molar-refractivity contribution in [3.8, 4) is 11.1 Å². The van der Waals surface area contributed by atoms with E-state index in [1.54, 1.807) is 71.9 Å². The molecule has 1 heterocycles. The quantitative estimate of drug-likeness (QED) is 0.383. The SMILES string of the molecule is CC(=O)C(=NO)c1ccc(-c2ccccc2)c(N(C(=O)OC(C)(C)C)C(=O)OC(C)(C)C)n1. The Hall–Kier alpha value is -3.75. The molecule has 9 heteroatoms. The molecule has 1 aromatic carbocycles. The molecule has 1 aromatic heterocycles. The minimum Gasteiger partial charge on any atom is -0.443 e. The Balaban J connectivity index is 2.80. The molecule has 0 saturated carbocycles. The van der Waals surface area contributed by atoms with E-state index in [0.29, 0.717) is 16.0 Å². The minimum absolute atomic E-state index is 0.0307. The lowest BCUT2D eigenvalue weighted by Crippen LogP contribution is -2.44. The second-order valence-electron chi connectivity index (χ2n) is 9.23. The summed E-state index contributed by atoms with van der Waals surface area (Å²) in [5, 5.41) is 12.3. The smallest absolute Gasteiger partial charge is 0.425 e. The number of nitrogens with zero attached hydrogens (tertiary/aromatic N) is 3. The maximum absolute atomic E-state index is 13.2. The third-order valence-electron chi connectivity index (χ3n) is 4.00. The third-order valence-corrected chi connectivity index (χ3v) is 4.00. The van der Waals surface area contributed by atoms with Crippen LogP contribution in [-0.4, -0.2) is 45.1 Å². The van der Waals surface area contributed by atoms with E-state index in [-0.39, 0.29) is 17.2 Å². The molecular weight excluding hydrogens is 426 g/mol. The lowest BCUT2D eigenvalue weighted by atomic mass is 10.0. The van der Waals surface area contributed by atoms with Crippen molar-refractivity contribution in [2.24, 2.45) is 5.16 Å². The molecule has 2 rings (SSSR count). The van der Waals surface area contributed by atoms with Crippen LogP contribution < -0.4 is 4.90 Å². The van der Waals surface area contributed by atoms with Gasteiger partial charge in [-0.05, 0) is 59.2 Å². The van der Waals surface area contributed by atoms with Gasteiger partial charge in [-0.3, -0.25) is 4.79 Å². The Labute approximate surface area is 193 Å². The number of aromatic nitrogens is 1. The zero-order chi connectivity index (χ0) is 25.0. The Morgan fingerprint density at radius 2 is 1.39 bits per heavy atom. The highest BCUT2D eigenvalue weighted by Crippen LogP contribution is 2.32. The van der Waals surface area contributed by atoms with Crippen LogP contribution in [0.3, 0.4) is 0 Å². The van der Waals surface area contributed by atoms with Gasteiger partial charge in [0.25, 0.3) is 0 Å². The number of rotatable bonds is 4. The summed E-state index contributed by atoms with van der Waals surface area (Å²) in [5.41, 5.74) is -1.15. The zero-order valence-corrected chi connectivity index (χ0v) is 19.9. The zero-order valence-electron chi connectivity index (χ0n) is 19.9. The number of imide groups is 1. The molecule has 2 amide bonds. The first-order valence-corrected chi connectivity index (χ1v) is 10.3. The van der Waals surface area contributed by atoms with Crippen LogP contribution in [0.2, 0.25) is 0 Å². The van der Waals surface area contributed by atoms with Gasteiger partial charge in [0.15, 0.2) is 17.3 Å². The van der Waals surface area contributed by atoms with E-state index in [0.717, 1.165) is 0 Å². The second kappa shape index (κ2) is 9.81. The number of carbonyl (C=O) groups is 3. The Morgan fingerprint density at radius 3 is 1.82 bits per heavy atom. The maximum Gasteiger partial charge on any atom is 0.425 e. The van der Waals surface area contributed by atoms with Crippen LogP contribution in [0.5, 0.6) is 0 Å². The van der Waals surface area contributed by atoms with Gasteiger partial charge in [0, 0.05) is 12.5 Å². The number of hydrogen-bond donors (Lipinski definition) is 1. The van der Waals surface area contributed by atoms with Crippen molar-refractivity contribution in [3.05, 3.63) is 48.2 Å². The number of hydrogen-bond acceptors (Lipinski definition) is 8. The van der Waals surface area contributed by atoms with Crippen LogP contribution in [0.1, 0.15) is 54.2 Å². The lowest BCUT2D eigenvalue weighted by molar-refractivity contribution is -0.111. The highest BCUT2D eigenvalue weighted by Gasteiger charge is 2.35. The van der Waals surface area contributed by atoms with Gasteiger partial charge in [-0.15, -0.1) is 0 Å². The fraction of sp³-hybridized carbons (Fsp3) is 0.375. The number of ether oxygens (including phenoxy) is 2. The minimum atomic E-state index is -1.01. The van der Waals surface area contributed by atoms with E-state index in [9.17, 15) is 19.6 Å². The van der Waals surface area contributed by atoms with Crippen LogP contribution in [0, 0.1) is 0 Å². The summed E-state index contributed by atoms with van der Waals surface area (Å²) in [5.74, 6) is -0.686. The first kappa shape index (κ1) is 25.5. The largest absolute Gasteiger partial charge is 0.443 e. The number of pyridine rings is 1. The van der Waals surface area contributed by atoms with Crippen molar-refractivity contribution in [3.63, 3.8) is 0 Å². The van der Waals surface area contributed by atoms with Crippen LogP contribution >= 0.6 is 0 Å². The van der Waals surface area contributed by atoms with Crippen molar-refractivity contribution in [2.45, 2.75) is 59.7 Å². The molecule has 0 aliphatic rings. The third kappa shape index (κ3) is 6.86. The van der Waals surface area contributed by atoms with Crippen LogP contribution in [0.15, 0.2) is 47.6 Å². The summed E-state index contributed by atoms with van der Waals surface area (Å²) < 4.78 is 10.9. The molecule has 33 heavy (non-hydrogen) atoms. The summed E-state index contributed by atoms with van der Waals surface area (Å²) >= 11 is 0. The van der Waals surface area contributed by atoms with Crippen molar-refractivity contribution < 1.29 is 29.1 Å². The Bertz CT molecular complexity index is 1040. The molecule has 9 nitrogen and oxygen atoms in total. The summed E-state index contributed by atoms with van der Waals surface area (Å²) in [6, 6.07) is 12.0. The van der Waals surface area contributed by atoms with Gasteiger partial charge in [-0.1, -0.05) is 35.5 Å². The number of carbonyl (C=O) groups excluding carboxylic acids is 3. The molecule has 0 aliphatic carbocycles. The van der Waals surface area contributed by atoms with E-state index >= 15 is 0 Å². The molecule has 0 radical (unpaired) electrons. The first-order valence-electron chi connectivity index (χ1n) is 10.3. The topological polar surface area (TPSA) is 118 Å². The number of benzene rings is 1. The standard InChI is InChI=1S/C24H29N3O6/c1-15(28)19(26-31)18-14-13-17(16-11-9-8-10-12-16)20(25-18)27(21(29)32-23(2,3)4)22(30)33-24(5,6)7/h8-14,31H,1-7H3. The summed E-state index contributed by atoms with van der Waals surface area (Å²) in [6.07, 6.45) is -2.02. The molecule has 1 N–H and O–H groups in total. The summed E-state index contributed by atoms with van der Waals surface area (Å²) in [6.45, 7) is 11.2. The van der Waals surface area contributed by atoms with Crippen molar-refractivity contribution in [1.29, 1.82) is 0 Å². The predicted octanol–water partition coefficient (Wildman–Crippen LogP) is 5.19. The molecule has 0 saturated heterocycles. The molecule has 0 unspecified atom stereocenters. The molecule has 2 aromatic rings. The van der Waals surface area contributed by atoms with E-state index in [4.69, 9.17) is 9.47 Å². The number of Topliss-reactive ketones (excluding diaryl/α,β-unsaturated/α-hetero) is 1. The maximum atomic E-state index is 13.2.